The molecule has 0 aliphatic heterocycles. The first-order valence-electron chi connectivity index (χ1n) is 3.07. The number of pyridine rings is 1. The lowest BCUT2D eigenvalue weighted by Gasteiger charge is -2.09. The summed E-state index contributed by atoms with van der Waals surface area (Å²) in [5, 5.41) is 0. The first-order chi connectivity index (χ1) is 6.29. The molecule has 0 spiro atoms. The molecule has 0 N–H and O–H groups in total. The Morgan fingerprint density at radius 3 is 2.36 bits per heavy atom. The van der Waals surface area contributed by atoms with E-state index in [2.05, 4.69) is 9.72 Å². The topological polar surface area (TPSA) is 22.1 Å². The highest BCUT2D eigenvalue weighted by atomic mass is 127. The lowest BCUT2D eigenvalue weighted by molar-refractivity contribution is -0.276. The third kappa shape index (κ3) is 2.93. The summed E-state index contributed by atoms with van der Waals surface area (Å²) in [5.41, 5.74) is 0. The van der Waals surface area contributed by atoms with Gasteiger partial charge in [-0.15, -0.1) is 13.2 Å². The molecule has 0 bridgehead atoms. The lowest BCUT2D eigenvalue weighted by Crippen LogP contribution is -2.19. The Labute approximate surface area is 88.2 Å². The van der Waals surface area contributed by atoms with Crippen molar-refractivity contribution in [3.05, 3.63) is 21.4 Å². The molecule has 1 aromatic heterocycles. The first kappa shape index (κ1) is 11.4. The van der Waals surface area contributed by atoms with Crippen molar-refractivity contribution in [2.45, 2.75) is 6.36 Å². The van der Waals surface area contributed by atoms with Crippen molar-refractivity contribution < 1.29 is 26.7 Å². The van der Waals surface area contributed by atoms with E-state index in [1.54, 1.807) is 0 Å². The Bertz CT molecular complexity index is 353. The van der Waals surface area contributed by atoms with Crippen molar-refractivity contribution in [2.24, 2.45) is 0 Å². The van der Waals surface area contributed by atoms with E-state index >= 15 is 0 Å². The summed E-state index contributed by atoms with van der Waals surface area (Å²) in [7, 11) is 0. The zero-order valence-electron chi connectivity index (χ0n) is 6.20. The second kappa shape index (κ2) is 3.83. The van der Waals surface area contributed by atoms with Gasteiger partial charge in [-0.2, -0.15) is 9.37 Å². The molecule has 0 aliphatic carbocycles. The first-order valence-corrected chi connectivity index (χ1v) is 4.15. The number of ether oxygens (including phenoxy) is 1. The van der Waals surface area contributed by atoms with Crippen LogP contribution in [-0.4, -0.2) is 11.3 Å². The summed E-state index contributed by atoms with van der Waals surface area (Å²) >= 11 is 1.23. The van der Waals surface area contributed by atoms with Crippen molar-refractivity contribution in [2.75, 3.05) is 0 Å². The smallest absolute Gasteiger partial charge is 0.386 e. The molecule has 0 atom stereocenters. The third-order valence-corrected chi connectivity index (χ3v) is 2.04. The van der Waals surface area contributed by atoms with Gasteiger partial charge < -0.3 is 4.74 Å². The molecule has 2 nitrogen and oxygen atoms in total. The van der Waals surface area contributed by atoms with Gasteiger partial charge >= 0.3 is 6.36 Å². The van der Waals surface area contributed by atoms with Crippen LogP contribution in [0.3, 0.4) is 0 Å². The minimum atomic E-state index is -5.02. The average Bonchev–Trinajstić information content (AvgIpc) is 1.96. The van der Waals surface area contributed by atoms with Gasteiger partial charge in [0.2, 0.25) is 11.8 Å². The van der Waals surface area contributed by atoms with Gasteiger partial charge in [-0.05, 0) is 22.6 Å². The Morgan fingerprint density at radius 1 is 1.29 bits per heavy atom. The summed E-state index contributed by atoms with van der Waals surface area (Å²) < 4.78 is 62.9. The zero-order valence-corrected chi connectivity index (χ0v) is 8.36. The van der Waals surface area contributed by atoms with Crippen LogP contribution in [0, 0.1) is 15.3 Å². The molecule has 8 heteroatoms. The molecule has 0 saturated heterocycles. The van der Waals surface area contributed by atoms with Crippen molar-refractivity contribution in [1.29, 1.82) is 0 Å². The molecule has 1 rings (SSSR count). The van der Waals surface area contributed by atoms with E-state index in [1.165, 1.54) is 22.6 Å². The van der Waals surface area contributed by atoms with Crippen LogP contribution in [0.5, 0.6) is 5.88 Å². The van der Waals surface area contributed by atoms with Crippen molar-refractivity contribution in [1.82, 2.24) is 4.98 Å². The number of aromatic nitrogens is 1. The Balaban J connectivity index is 3.09. The predicted molar refractivity (Wildman–Crippen MR) is 43.6 cm³/mol. The molecule has 0 saturated carbocycles. The van der Waals surface area contributed by atoms with E-state index in [4.69, 9.17) is 0 Å². The number of halogens is 6. The molecule has 0 unspecified atom stereocenters. The van der Waals surface area contributed by atoms with Crippen LogP contribution < -0.4 is 4.74 Å². The largest absolute Gasteiger partial charge is 0.574 e. The zero-order chi connectivity index (χ0) is 10.9. The summed E-state index contributed by atoms with van der Waals surface area (Å²) in [6, 6.07) is 0.366. The Morgan fingerprint density at radius 2 is 1.86 bits per heavy atom. The van der Waals surface area contributed by atoms with Gasteiger partial charge in [-0.1, -0.05) is 0 Å². The normalized spacial score (nSPS) is 11.6. The summed E-state index contributed by atoms with van der Waals surface area (Å²) in [5.74, 6) is -3.66. The molecule has 0 aliphatic rings. The monoisotopic (exact) mass is 325 g/mol. The highest BCUT2D eigenvalue weighted by Gasteiger charge is 2.33. The maximum atomic E-state index is 12.7. The average molecular weight is 325 g/mol. The van der Waals surface area contributed by atoms with Gasteiger partial charge in [0, 0.05) is 6.07 Å². The number of nitrogens with zero attached hydrogens (tertiary/aromatic N) is 1. The number of hydrogen-bond acceptors (Lipinski definition) is 2. The lowest BCUT2D eigenvalue weighted by atomic mass is 10.4. The van der Waals surface area contributed by atoms with Gasteiger partial charge in [0.15, 0.2) is 0 Å². The second-order valence-electron chi connectivity index (χ2n) is 2.09. The fourth-order valence-electron chi connectivity index (χ4n) is 0.626. The highest BCUT2D eigenvalue weighted by molar-refractivity contribution is 14.1. The minimum absolute atomic E-state index is 0.366. The standard InChI is InChI=1S/C6HF5INO/c7-2-1-3(8)13-5(4(2)12)14-6(9,10)11/h1H. The molecule has 0 aromatic carbocycles. The fourth-order valence-corrected chi connectivity index (χ4v) is 1.01. The quantitative estimate of drug-likeness (QED) is 0.450. The number of rotatable bonds is 1. The van der Waals surface area contributed by atoms with Crippen LogP contribution >= 0.6 is 22.6 Å². The molecule has 1 aromatic rings. The number of alkyl halides is 3. The fraction of sp³-hybridized carbons (Fsp3) is 0.167. The van der Waals surface area contributed by atoms with E-state index in [9.17, 15) is 22.0 Å². The summed E-state index contributed by atoms with van der Waals surface area (Å²) in [4.78, 5) is 2.76. The van der Waals surface area contributed by atoms with E-state index in [0.29, 0.717) is 6.07 Å². The van der Waals surface area contributed by atoms with Crippen LogP contribution in [-0.2, 0) is 0 Å². The van der Waals surface area contributed by atoms with Crippen LogP contribution in [0.1, 0.15) is 0 Å². The Hall–Kier alpha value is -0.670. The van der Waals surface area contributed by atoms with Gasteiger partial charge in [-0.25, -0.2) is 4.39 Å². The molecular formula is C6HF5INO. The van der Waals surface area contributed by atoms with Crippen LogP contribution in [0.15, 0.2) is 6.07 Å². The van der Waals surface area contributed by atoms with Gasteiger partial charge in [-0.3, -0.25) is 0 Å². The van der Waals surface area contributed by atoms with Gasteiger partial charge in [0.25, 0.3) is 0 Å². The molecule has 0 amide bonds. The highest BCUT2D eigenvalue weighted by Crippen LogP contribution is 2.27. The van der Waals surface area contributed by atoms with Crippen LogP contribution in [0.4, 0.5) is 22.0 Å². The van der Waals surface area contributed by atoms with Crippen molar-refractivity contribution >= 4 is 22.6 Å². The van der Waals surface area contributed by atoms with E-state index in [0.717, 1.165) is 0 Å². The molecular weight excluding hydrogens is 324 g/mol. The number of hydrogen-bond donors (Lipinski definition) is 0. The van der Waals surface area contributed by atoms with Gasteiger partial charge in [0.05, 0.1) is 0 Å². The van der Waals surface area contributed by atoms with Crippen molar-refractivity contribution in [3.8, 4) is 5.88 Å². The SMILES string of the molecule is Fc1cc(F)c(I)c(OC(F)(F)F)n1. The third-order valence-electron chi connectivity index (χ3n) is 1.06. The molecule has 1 heterocycles. The molecule has 0 fully saturated rings. The molecule has 78 valence electrons. The van der Waals surface area contributed by atoms with Crippen LogP contribution in [0.2, 0.25) is 0 Å². The Kier molecular flexibility index (Phi) is 3.12. The predicted octanol–water partition coefficient (Wildman–Crippen LogP) is 2.86. The van der Waals surface area contributed by atoms with E-state index in [1.807, 2.05) is 0 Å². The van der Waals surface area contributed by atoms with Crippen molar-refractivity contribution in [3.63, 3.8) is 0 Å². The second-order valence-corrected chi connectivity index (χ2v) is 3.17. The van der Waals surface area contributed by atoms with E-state index < -0.39 is 27.6 Å². The molecule has 0 radical (unpaired) electrons. The van der Waals surface area contributed by atoms with E-state index in [-0.39, 0.29) is 0 Å². The maximum Gasteiger partial charge on any atom is 0.574 e. The van der Waals surface area contributed by atoms with Crippen LogP contribution in [0.25, 0.3) is 0 Å². The summed E-state index contributed by atoms with van der Waals surface area (Å²) in [6.07, 6.45) is -5.02. The maximum absolute atomic E-state index is 12.7. The summed E-state index contributed by atoms with van der Waals surface area (Å²) in [6.45, 7) is 0. The minimum Gasteiger partial charge on any atom is -0.386 e. The van der Waals surface area contributed by atoms with Gasteiger partial charge in [0.1, 0.15) is 9.39 Å². The molecule has 14 heavy (non-hydrogen) atoms.